The van der Waals surface area contributed by atoms with E-state index in [1.54, 1.807) is 17.6 Å². The van der Waals surface area contributed by atoms with Gasteiger partial charge >= 0.3 is 5.97 Å². The Hall–Kier alpha value is -3.65. The van der Waals surface area contributed by atoms with Gasteiger partial charge in [-0.2, -0.15) is 4.99 Å². The highest BCUT2D eigenvalue weighted by Gasteiger charge is 2.16. The minimum absolute atomic E-state index is 0.0528. The van der Waals surface area contributed by atoms with E-state index >= 15 is 0 Å². The first-order valence-corrected chi connectivity index (χ1v) is 11.4. The number of rotatable bonds is 7. The second-order valence-electron chi connectivity index (χ2n) is 7.15. The van der Waals surface area contributed by atoms with E-state index in [2.05, 4.69) is 4.99 Å². The Labute approximate surface area is 194 Å². The van der Waals surface area contributed by atoms with E-state index in [1.165, 1.54) is 18.4 Å². The second-order valence-corrected chi connectivity index (χ2v) is 8.16. The third-order valence-electron chi connectivity index (χ3n) is 5.05. The molecule has 0 fully saturated rings. The van der Waals surface area contributed by atoms with Crippen molar-refractivity contribution < 1.29 is 23.8 Å². The minimum Gasteiger partial charge on any atom is -0.496 e. The summed E-state index contributed by atoms with van der Waals surface area (Å²) in [5.41, 5.74) is 1.12. The summed E-state index contributed by atoms with van der Waals surface area (Å²) in [6, 6.07) is 16.9. The van der Waals surface area contributed by atoms with E-state index in [0.29, 0.717) is 28.5 Å². The molecule has 0 atom stereocenters. The van der Waals surface area contributed by atoms with Gasteiger partial charge in [0.15, 0.2) is 4.80 Å². The van der Waals surface area contributed by atoms with Gasteiger partial charge in [-0.1, -0.05) is 35.6 Å². The molecule has 0 radical (unpaired) electrons. The lowest BCUT2D eigenvalue weighted by atomic mass is 10.1. The van der Waals surface area contributed by atoms with Crippen molar-refractivity contribution in [2.24, 2.45) is 4.99 Å². The van der Waals surface area contributed by atoms with Gasteiger partial charge in [0.05, 0.1) is 36.1 Å². The number of benzene rings is 3. The average molecular weight is 465 g/mol. The first-order valence-electron chi connectivity index (χ1n) is 10.6. The van der Waals surface area contributed by atoms with Gasteiger partial charge in [0.2, 0.25) is 0 Å². The van der Waals surface area contributed by atoms with Crippen LogP contribution in [0.2, 0.25) is 0 Å². The smallest absolute Gasteiger partial charge is 0.326 e. The van der Waals surface area contributed by atoms with Gasteiger partial charge in [-0.3, -0.25) is 9.59 Å². The number of thiazole rings is 1. The van der Waals surface area contributed by atoms with Crippen LogP contribution in [0.4, 0.5) is 0 Å². The predicted octanol–water partition coefficient (Wildman–Crippen LogP) is 4.57. The van der Waals surface area contributed by atoms with Crippen molar-refractivity contribution in [3.05, 3.63) is 65.0 Å². The highest BCUT2D eigenvalue weighted by atomic mass is 32.1. The van der Waals surface area contributed by atoms with Crippen LogP contribution in [0.25, 0.3) is 21.0 Å². The molecule has 0 N–H and O–H groups in total. The molecule has 1 amide bonds. The largest absolute Gasteiger partial charge is 0.496 e. The standard InChI is InChI=1S/C25H24N2O5S/c1-4-31-18-10-11-20-22(14-18)33-25(27(20)15-23(28)32-5-2)26-24(29)19-12-16-8-6-7-9-17(16)13-21(19)30-3/h6-14H,4-5,15H2,1-3H3. The summed E-state index contributed by atoms with van der Waals surface area (Å²) in [5, 5.41) is 1.88. The average Bonchev–Trinajstić information content (AvgIpc) is 3.14. The van der Waals surface area contributed by atoms with Crippen LogP contribution < -0.4 is 14.3 Å². The SMILES string of the molecule is CCOC(=O)Cn1c(=NC(=O)c2cc3ccccc3cc2OC)sc2cc(OCC)ccc21. The number of ether oxygens (including phenoxy) is 3. The van der Waals surface area contributed by atoms with Gasteiger partial charge in [-0.05, 0) is 55.0 Å². The molecule has 4 rings (SSSR count). The predicted molar refractivity (Wildman–Crippen MR) is 128 cm³/mol. The fourth-order valence-corrected chi connectivity index (χ4v) is 4.64. The molecule has 170 valence electrons. The number of carbonyl (C=O) groups is 2. The van der Waals surface area contributed by atoms with Gasteiger partial charge in [-0.25, -0.2) is 0 Å². The van der Waals surface area contributed by atoms with Crippen LogP contribution in [0, 0.1) is 0 Å². The zero-order valence-electron chi connectivity index (χ0n) is 18.7. The molecule has 3 aromatic carbocycles. The normalized spacial score (nSPS) is 11.7. The molecular formula is C25H24N2O5S. The van der Waals surface area contributed by atoms with Crippen molar-refractivity contribution in [1.82, 2.24) is 4.57 Å². The number of methoxy groups -OCH3 is 1. The summed E-state index contributed by atoms with van der Waals surface area (Å²) in [6.07, 6.45) is 0. The first kappa shape index (κ1) is 22.5. The molecule has 0 unspecified atom stereocenters. The number of amides is 1. The van der Waals surface area contributed by atoms with Gasteiger partial charge in [-0.15, -0.1) is 0 Å². The maximum Gasteiger partial charge on any atom is 0.326 e. The molecule has 0 bridgehead atoms. The summed E-state index contributed by atoms with van der Waals surface area (Å²) in [4.78, 5) is 30.3. The summed E-state index contributed by atoms with van der Waals surface area (Å²) in [7, 11) is 1.52. The lowest BCUT2D eigenvalue weighted by molar-refractivity contribution is -0.143. The van der Waals surface area contributed by atoms with Gasteiger partial charge in [0.25, 0.3) is 5.91 Å². The zero-order valence-corrected chi connectivity index (χ0v) is 19.5. The molecular weight excluding hydrogens is 440 g/mol. The van der Waals surface area contributed by atoms with Gasteiger partial charge in [0.1, 0.15) is 18.0 Å². The molecule has 0 aliphatic heterocycles. The van der Waals surface area contributed by atoms with E-state index in [1.807, 2.05) is 55.5 Å². The van der Waals surface area contributed by atoms with E-state index in [4.69, 9.17) is 14.2 Å². The van der Waals surface area contributed by atoms with E-state index in [-0.39, 0.29) is 13.2 Å². The summed E-state index contributed by atoms with van der Waals surface area (Å²) >= 11 is 1.31. The minimum atomic E-state index is -0.452. The van der Waals surface area contributed by atoms with Gasteiger partial charge in [0, 0.05) is 0 Å². The molecule has 8 heteroatoms. The lowest BCUT2D eigenvalue weighted by Gasteiger charge is -2.08. The van der Waals surface area contributed by atoms with Crippen LogP contribution in [0.1, 0.15) is 24.2 Å². The van der Waals surface area contributed by atoms with Crippen molar-refractivity contribution in [1.29, 1.82) is 0 Å². The molecule has 1 heterocycles. The van der Waals surface area contributed by atoms with Crippen LogP contribution in [0.3, 0.4) is 0 Å². The van der Waals surface area contributed by atoms with Crippen LogP contribution in [-0.4, -0.2) is 36.8 Å². The van der Waals surface area contributed by atoms with Crippen molar-refractivity contribution in [3.63, 3.8) is 0 Å². The Balaban J connectivity index is 1.85. The van der Waals surface area contributed by atoms with Crippen molar-refractivity contribution in [2.45, 2.75) is 20.4 Å². The summed E-state index contributed by atoms with van der Waals surface area (Å²) in [5.74, 6) is 0.304. The molecule has 4 aromatic rings. The second kappa shape index (κ2) is 9.87. The third-order valence-corrected chi connectivity index (χ3v) is 6.09. The van der Waals surface area contributed by atoms with E-state index in [0.717, 1.165) is 21.0 Å². The fourth-order valence-electron chi connectivity index (χ4n) is 3.59. The van der Waals surface area contributed by atoms with E-state index < -0.39 is 11.9 Å². The number of nitrogens with zero attached hydrogens (tertiary/aromatic N) is 2. The van der Waals surface area contributed by atoms with Crippen LogP contribution in [0.15, 0.2) is 59.6 Å². The van der Waals surface area contributed by atoms with Crippen molar-refractivity contribution >= 4 is 44.2 Å². The monoisotopic (exact) mass is 464 g/mol. The highest BCUT2D eigenvalue weighted by molar-refractivity contribution is 7.16. The maximum absolute atomic E-state index is 13.3. The van der Waals surface area contributed by atoms with Crippen molar-refractivity contribution in [2.75, 3.05) is 20.3 Å². The Morgan fingerprint density at radius 3 is 2.45 bits per heavy atom. The molecule has 0 aliphatic carbocycles. The lowest BCUT2D eigenvalue weighted by Crippen LogP contribution is -2.23. The Bertz CT molecular complexity index is 1400. The van der Waals surface area contributed by atoms with Crippen LogP contribution in [-0.2, 0) is 16.1 Å². The Morgan fingerprint density at radius 2 is 1.76 bits per heavy atom. The number of hydrogen-bond donors (Lipinski definition) is 0. The summed E-state index contributed by atoms with van der Waals surface area (Å²) in [6.45, 7) is 4.43. The number of carbonyl (C=O) groups excluding carboxylic acids is 2. The zero-order chi connectivity index (χ0) is 23.4. The van der Waals surface area contributed by atoms with E-state index in [9.17, 15) is 9.59 Å². The molecule has 0 saturated heterocycles. The number of hydrogen-bond acceptors (Lipinski definition) is 6. The molecule has 1 aromatic heterocycles. The van der Waals surface area contributed by atoms with Gasteiger partial charge < -0.3 is 18.8 Å². The molecule has 0 spiro atoms. The number of fused-ring (bicyclic) bond motifs is 2. The quantitative estimate of drug-likeness (QED) is 0.375. The van der Waals surface area contributed by atoms with Crippen molar-refractivity contribution in [3.8, 4) is 11.5 Å². The molecule has 7 nitrogen and oxygen atoms in total. The van der Waals surface area contributed by atoms with Crippen LogP contribution in [0.5, 0.6) is 11.5 Å². The van der Waals surface area contributed by atoms with Crippen LogP contribution >= 0.6 is 11.3 Å². The molecule has 0 aliphatic rings. The number of esters is 1. The topological polar surface area (TPSA) is 79.1 Å². The number of aromatic nitrogens is 1. The molecule has 0 saturated carbocycles. The Morgan fingerprint density at radius 1 is 1.00 bits per heavy atom. The molecule has 33 heavy (non-hydrogen) atoms. The third kappa shape index (κ3) is 4.75. The summed E-state index contributed by atoms with van der Waals surface area (Å²) < 4.78 is 18.7. The first-order chi connectivity index (χ1) is 16.0. The maximum atomic E-state index is 13.3. The highest BCUT2D eigenvalue weighted by Crippen LogP contribution is 2.27. The fraction of sp³-hybridized carbons (Fsp3) is 0.240. The Kier molecular flexibility index (Phi) is 6.74.